The van der Waals surface area contributed by atoms with E-state index in [4.69, 9.17) is 0 Å². The molecule has 3 rings (SSSR count). The molecule has 6 nitrogen and oxygen atoms in total. The summed E-state index contributed by atoms with van der Waals surface area (Å²) >= 11 is 0. The van der Waals surface area contributed by atoms with Crippen LogP contribution in [0.5, 0.6) is 0 Å². The number of nitrogens with one attached hydrogen (secondary N) is 1. The zero-order chi connectivity index (χ0) is 20.5. The van der Waals surface area contributed by atoms with Crippen molar-refractivity contribution >= 4 is 17.7 Å². The summed E-state index contributed by atoms with van der Waals surface area (Å²) < 4.78 is 38.1. The highest BCUT2D eigenvalue weighted by Gasteiger charge is 2.47. The highest BCUT2D eigenvalue weighted by molar-refractivity contribution is 5.93. The third-order valence-corrected chi connectivity index (χ3v) is 5.23. The molecule has 0 aromatic heterocycles. The Kier molecular flexibility index (Phi) is 5.62. The number of halogens is 3. The van der Waals surface area contributed by atoms with Crippen molar-refractivity contribution in [2.24, 2.45) is 0 Å². The molecule has 1 aromatic carbocycles. The fourth-order valence-electron chi connectivity index (χ4n) is 3.77. The van der Waals surface area contributed by atoms with E-state index in [9.17, 15) is 27.6 Å². The first kappa shape index (κ1) is 20.2. The first-order chi connectivity index (χ1) is 13.2. The molecule has 1 N–H and O–H groups in total. The Morgan fingerprint density at radius 3 is 2.50 bits per heavy atom. The van der Waals surface area contributed by atoms with Gasteiger partial charge in [-0.05, 0) is 37.3 Å². The smallest absolute Gasteiger partial charge is 0.343 e. The quantitative estimate of drug-likeness (QED) is 0.843. The predicted octanol–water partition coefficient (Wildman–Crippen LogP) is 1.63. The minimum absolute atomic E-state index is 0.123. The van der Waals surface area contributed by atoms with E-state index in [-0.39, 0.29) is 18.9 Å². The van der Waals surface area contributed by atoms with Crippen LogP contribution >= 0.6 is 0 Å². The molecule has 0 aliphatic carbocycles. The van der Waals surface area contributed by atoms with Crippen LogP contribution < -0.4 is 5.32 Å². The van der Waals surface area contributed by atoms with Gasteiger partial charge in [-0.2, -0.15) is 13.2 Å². The van der Waals surface area contributed by atoms with Crippen molar-refractivity contribution in [3.8, 4) is 0 Å². The van der Waals surface area contributed by atoms with Gasteiger partial charge < -0.3 is 15.1 Å². The number of alkyl halides is 3. The van der Waals surface area contributed by atoms with Crippen LogP contribution in [-0.4, -0.2) is 58.9 Å². The Morgan fingerprint density at radius 2 is 1.82 bits per heavy atom. The highest BCUT2D eigenvalue weighted by Crippen LogP contribution is 2.26. The summed E-state index contributed by atoms with van der Waals surface area (Å²) in [6.45, 7) is 2.32. The average molecular weight is 397 g/mol. The first-order valence-electron chi connectivity index (χ1n) is 9.22. The first-order valence-corrected chi connectivity index (χ1v) is 9.22. The number of carbonyl (C=O) groups excluding carboxylic acids is 3. The van der Waals surface area contributed by atoms with Gasteiger partial charge in [0.05, 0.1) is 0 Å². The number of nitrogens with zero attached hydrogens (tertiary/aromatic N) is 2. The second-order valence-electron chi connectivity index (χ2n) is 7.16. The van der Waals surface area contributed by atoms with Crippen molar-refractivity contribution in [1.29, 1.82) is 0 Å². The van der Waals surface area contributed by atoms with Crippen LogP contribution in [0, 0.1) is 0 Å². The largest absolute Gasteiger partial charge is 0.471 e. The molecule has 9 heteroatoms. The van der Waals surface area contributed by atoms with Gasteiger partial charge >= 0.3 is 12.1 Å². The van der Waals surface area contributed by atoms with Gasteiger partial charge in [0, 0.05) is 19.6 Å². The van der Waals surface area contributed by atoms with Gasteiger partial charge in [-0.3, -0.25) is 14.4 Å². The standard InChI is InChI=1S/C19H22F3N3O3/c1-12(17(27)24-10-8-13-5-2-3-6-14(13)11-24)23-16(26)15-7-4-9-25(15)18(28)19(20,21)22/h2-3,5-6,12,15H,4,7-11H2,1H3,(H,23,26)/t12-,15?/m1/s1. The molecule has 0 spiro atoms. The van der Waals surface area contributed by atoms with Gasteiger partial charge in [0.15, 0.2) is 0 Å². The predicted molar refractivity (Wildman–Crippen MR) is 94.0 cm³/mol. The van der Waals surface area contributed by atoms with E-state index in [1.807, 2.05) is 24.3 Å². The van der Waals surface area contributed by atoms with Gasteiger partial charge in [0.2, 0.25) is 11.8 Å². The molecule has 0 saturated carbocycles. The van der Waals surface area contributed by atoms with Crippen molar-refractivity contribution < 1.29 is 27.6 Å². The van der Waals surface area contributed by atoms with Gasteiger partial charge in [-0.15, -0.1) is 0 Å². The molecular formula is C19H22F3N3O3. The second-order valence-corrected chi connectivity index (χ2v) is 7.16. The molecule has 0 bridgehead atoms. The lowest BCUT2D eigenvalue weighted by molar-refractivity contribution is -0.186. The Balaban J connectivity index is 1.61. The molecule has 2 heterocycles. The molecule has 2 aliphatic rings. The van der Waals surface area contributed by atoms with Crippen LogP contribution in [0.25, 0.3) is 0 Å². The molecule has 2 aliphatic heterocycles. The lowest BCUT2D eigenvalue weighted by Crippen LogP contribution is -2.54. The molecule has 28 heavy (non-hydrogen) atoms. The van der Waals surface area contributed by atoms with E-state index < -0.39 is 30.1 Å². The summed E-state index contributed by atoms with van der Waals surface area (Å²) in [4.78, 5) is 38.8. The van der Waals surface area contributed by atoms with E-state index in [0.717, 1.165) is 5.56 Å². The molecule has 1 aromatic rings. The van der Waals surface area contributed by atoms with E-state index in [0.29, 0.717) is 30.8 Å². The number of benzene rings is 1. The fraction of sp³-hybridized carbons (Fsp3) is 0.526. The summed E-state index contributed by atoms with van der Waals surface area (Å²) in [6.07, 6.45) is -3.86. The third-order valence-electron chi connectivity index (χ3n) is 5.23. The van der Waals surface area contributed by atoms with Crippen LogP contribution in [0.3, 0.4) is 0 Å². The van der Waals surface area contributed by atoms with Crippen molar-refractivity contribution in [3.63, 3.8) is 0 Å². The molecule has 1 unspecified atom stereocenters. The van der Waals surface area contributed by atoms with Crippen molar-refractivity contribution in [1.82, 2.24) is 15.1 Å². The number of rotatable bonds is 3. The third kappa shape index (κ3) is 4.13. The van der Waals surface area contributed by atoms with E-state index >= 15 is 0 Å². The second kappa shape index (κ2) is 7.81. The summed E-state index contributed by atoms with van der Waals surface area (Å²) in [5.41, 5.74) is 2.22. The summed E-state index contributed by atoms with van der Waals surface area (Å²) in [5, 5.41) is 2.49. The Bertz CT molecular complexity index is 781. The summed E-state index contributed by atoms with van der Waals surface area (Å²) in [7, 11) is 0. The van der Waals surface area contributed by atoms with Gasteiger partial charge in [0.1, 0.15) is 12.1 Å². The molecule has 152 valence electrons. The number of hydrogen-bond acceptors (Lipinski definition) is 3. The number of carbonyl (C=O) groups is 3. The van der Waals surface area contributed by atoms with Crippen molar-refractivity contribution in [2.75, 3.05) is 13.1 Å². The van der Waals surface area contributed by atoms with Crippen LogP contribution in [0.15, 0.2) is 24.3 Å². The number of fused-ring (bicyclic) bond motifs is 1. The topological polar surface area (TPSA) is 69.7 Å². The number of likely N-dealkylation sites (tertiary alicyclic amines) is 1. The molecular weight excluding hydrogens is 375 g/mol. The lowest BCUT2D eigenvalue weighted by atomic mass is 9.99. The monoisotopic (exact) mass is 397 g/mol. The summed E-state index contributed by atoms with van der Waals surface area (Å²) in [5.74, 6) is -3.04. The molecule has 0 radical (unpaired) electrons. The highest BCUT2D eigenvalue weighted by atomic mass is 19.4. The van der Waals surface area contributed by atoms with Crippen molar-refractivity contribution in [2.45, 2.75) is 51.0 Å². The average Bonchev–Trinajstić information content (AvgIpc) is 3.15. The zero-order valence-electron chi connectivity index (χ0n) is 15.5. The maximum atomic E-state index is 12.7. The molecule has 3 amide bonds. The minimum atomic E-state index is -5.02. The maximum absolute atomic E-state index is 12.7. The van der Waals surface area contributed by atoms with Gasteiger partial charge in [-0.1, -0.05) is 24.3 Å². The van der Waals surface area contributed by atoms with E-state index in [1.54, 1.807) is 4.90 Å². The van der Waals surface area contributed by atoms with Crippen LogP contribution in [0.4, 0.5) is 13.2 Å². The van der Waals surface area contributed by atoms with Gasteiger partial charge in [-0.25, -0.2) is 0 Å². The number of hydrogen-bond donors (Lipinski definition) is 1. The normalized spacial score (nSPS) is 20.5. The van der Waals surface area contributed by atoms with Crippen LogP contribution in [0.2, 0.25) is 0 Å². The van der Waals surface area contributed by atoms with Gasteiger partial charge in [0.25, 0.3) is 0 Å². The van der Waals surface area contributed by atoms with Crippen LogP contribution in [0.1, 0.15) is 30.9 Å². The van der Waals surface area contributed by atoms with Crippen LogP contribution in [-0.2, 0) is 27.3 Å². The van der Waals surface area contributed by atoms with Crippen molar-refractivity contribution in [3.05, 3.63) is 35.4 Å². The maximum Gasteiger partial charge on any atom is 0.471 e. The van der Waals surface area contributed by atoms with E-state index in [1.165, 1.54) is 12.5 Å². The Hall–Kier alpha value is -2.58. The fourth-order valence-corrected chi connectivity index (χ4v) is 3.77. The number of amides is 3. The Morgan fingerprint density at radius 1 is 1.14 bits per heavy atom. The molecule has 1 fully saturated rings. The lowest BCUT2D eigenvalue weighted by Gasteiger charge is -2.32. The Labute approximate surface area is 160 Å². The molecule has 2 atom stereocenters. The molecule has 1 saturated heterocycles. The summed E-state index contributed by atoms with van der Waals surface area (Å²) in [6, 6.07) is 5.69. The SMILES string of the molecule is C[C@@H](NC(=O)C1CCCN1C(=O)C(F)(F)F)C(=O)N1CCc2ccccc2C1. The zero-order valence-corrected chi connectivity index (χ0v) is 15.5. The minimum Gasteiger partial charge on any atom is -0.343 e. The van der Waals surface area contributed by atoms with E-state index in [2.05, 4.69) is 5.32 Å².